The minimum atomic E-state index is 0.807. The molecule has 3 rings (SSSR count). The van der Waals surface area contributed by atoms with Crippen molar-refractivity contribution in [2.75, 3.05) is 44.7 Å². The van der Waals surface area contributed by atoms with Gasteiger partial charge in [0.15, 0.2) is 0 Å². The Balaban J connectivity index is 1.47. The molecule has 1 aromatic carbocycles. The number of benzene rings is 1. The van der Waals surface area contributed by atoms with Crippen molar-refractivity contribution in [1.82, 2.24) is 15.2 Å². The van der Waals surface area contributed by atoms with Crippen molar-refractivity contribution >= 4 is 5.82 Å². The lowest BCUT2D eigenvalue weighted by molar-refractivity contribution is 0.306. The molecule has 0 spiro atoms. The van der Waals surface area contributed by atoms with Gasteiger partial charge in [-0.15, -0.1) is 0 Å². The second-order valence-electron chi connectivity index (χ2n) is 7.58. The van der Waals surface area contributed by atoms with E-state index in [4.69, 9.17) is 4.74 Å². The quantitative estimate of drug-likeness (QED) is 0.635. The number of pyridine rings is 1. The zero-order valence-electron chi connectivity index (χ0n) is 17.4. The van der Waals surface area contributed by atoms with Gasteiger partial charge in [-0.25, -0.2) is 4.98 Å². The highest BCUT2D eigenvalue weighted by Gasteiger charge is 2.17. The molecule has 5 nitrogen and oxygen atoms in total. The molecule has 152 valence electrons. The number of nitrogens with zero attached hydrogens (tertiary/aromatic N) is 3. The highest BCUT2D eigenvalue weighted by Crippen LogP contribution is 2.19. The minimum absolute atomic E-state index is 0.807. The summed E-state index contributed by atoms with van der Waals surface area (Å²) in [6.45, 7) is 8.95. The van der Waals surface area contributed by atoms with Gasteiger partial charge in [0.25, 0.3) is 0 Å². The monoisotopic (exact) mass is 382 g/mol. The Morgan fingerprint density at radius 2 is 1.79 bits per heavy atom. The van der Waals surface area contributed by atoms with Gasteiger partial charge in [-0.05, 0) is 37.2 Å². The van der Waals surface area contributed by atoms with Gasteiger partial charge < -0.3 is 19.9 Å². The average molecular weight is 383 g/mol. The molecule has 1 aliphatic rings. The van der Waals surface area contributed by atoms with E-state index in [1.165, 1.54) is 24.0 Å². The molecule has 1 aliphatic heterocycles. The highest BCUT2D eigenvalue weighted by atomic mass is 16.5. The molecule has 2 heterocycles. The summed E-state index contributed by atoms with van der Waals surface area (Å²) in [6.07, 6.45) is 5.48. The van der Waals surface area contributed by atoms with Gasteiger partial charge in [0, 0.05) is 51.0 Å². The topological polar surface area (TPSA) is 40.6 Å². The number of anilines is 1. The summed E-state index contributed by atoms with van der Waals surface area (Å²) in [6, 6.07) is 12.6. The van der Waals surface area contributed by atoms with Crippen LogP contribution in [0, 0.1) is 0 Å². The molecule has 1 fully saturated rings. The van der Waals surface area contributed by atoms with E-state index >= 15 is 0 Å². The first kappa shape index (κ1) is 20.6. The van der Waals surface area contributed by atoms with Gasteiger partial charge in [0.1, 0.15) is 11.6 Å². The summed E-state index contributed by atoms with van der Waals surface area (Å²) >= 11 is 0. The maximum Gasteiger partial charge on any atom is 0.133 e. The largest absolute Gasteiger partial charge is 0.494 e. The molecule has 1 aromatic heterocycles. The van der Waals surface area contributed by atoms with Gasteiger partial charge >= 0.3 is 0 Å². The first-order chi connectivity index (χ1) is 13.8. The summed E-state index contributed by atoms with van der Waals surface area (Å²) in [4.78, 5) is 9.43. The van der Waals surface area contributed by atoms with Crippen molar-refractivity contribution in [2.45, 2.75) is 39.3 Å². The van der Waals surface area contributed by atoms with Crippen molar-refractivity contribution in [2.24, 2.45) is 0 Å². The molecule has 1 N–H and O–H groups in total. The lowest BCUT2D eigenvalue weighted by Crippen LogP contribution is -2.45. The van der Waals surface area contributed by atoms with Gasteiger partial charge in [-0.2, -0.15) is 0 Å². The van der Waals surface area contributed by atoms with Gasteiger partial charge in [-0.3, -0.25) is 0 Å². The smallest absolute Gasteiger partial charge is 0.133 e. The predicted octanol–water partition coefficient (Wildman–Crippen LogP) is 3.69. The van der Waals surface area contributed by atoms with Crippen LogP contribution in [0.1, 0.15) is 37.3 Å². The molecule has 0 aliphatic carbocycles. The van der Waals surface area contributed by atoms with Crippen molar-refractivity contribution < 1.29 is 4.74 Å². The fourth-order valence-corrected chi connectivity index (χ4v) is 3.46. The van der Waals surface area contributed by atoms with Crippen molar-refractivity contribution in [1.29, 1.82) is 0 Å². The van der Waals surface area contributed by atoms with E-state index < -0.39 is 0 Å². The minimum Gasteiger partial charge on any atom is -0.494 e. The Labute approximate surface area is 169 Å². The highest BCUT2D eigenvalue weighted by molar-refractivity contribution is 5.47. The molecule has 2 aromatic rings. The van der Waals surface area contributed by atoms with E-state index in [2.05, 4.69) is 64.4 Å². The molecule has 0 unspecified atom stereocenters. The fourth-order valence-electron chi connectivity index (χ4n) is 3.46. The summed E-state index contributed by atoms with van der Waals surface area (Å²) < 4.78 is 5.79. The Kier molecular flexibility index (Phi) is 8.12. The molecular formula is C23H34N4O. The molecule has 1 saturated heterocycles. The van der Waals surface area contributed by atoms with E-state index in [0.29, 0.717) is 0 Å². The van der Waals surface area contributed by atoms with Crippen LogP contribution < -0.4 is 15.0 Å². The Bertz CT molecular complexity index is 696. The number of aromatic nitrogens is 1. The van der Waals surface area contributed by atoms with Crippen molar-refractivity contribution in [3.8, 4) is 5.75 Å². The molecule has 0 atom stereocenters. The van der Waals surface area contributed by atoms with E-state index in [1.807, 2.05) is 12.3 Å². The summed E-state index contributed by atoms with van der Waals surface area (Å²) in [5, 5.41) is 3.57. The standard InChI is InChI=1S/C23H34N4O/c1-3-4-5-17-28-22-10-8-20(9-11-22)18-24-19-21-7-6-12-25-23(21)27-15-13-26(2)14-16-27/h6-12,24H,3-5,13-19H2,1-2H3. The molecule has 0 radical (unpaired) electrons. The first-order valence-electron chi connectivity index (χ1n) is 10.6. The molecule has 0 saturated carbocycles. The van der Waals surface area contributed by atoms with Gasteiger partial charge in [0.2, 0.25) is 0 Å². The number of hydrogen-bond donors (Lipinski definition) is 1. The van der Waals surface area contributed by atoms with E-state index in [9.17, 15) is 0 Å². The lowest BCUT2D eigenvalue weighted by Gasteiger charge is -2.34. The van der Waals surface area contributed by atoms with Crippen LogP contribution in [0.15, 0.2) is 42.6 Å². The maximum atomic E-state index is 5.79. The number of nitrogens with one attached hydrogen (secondary N) is 1. The van der Waals surface area contributed by atoms with Crippen LogP contribution in [0.2, 0.25) is 0 Å². The Hall–Kier alpha value is -2.11. The normalized spacial score (nSPS) is 15.0. The number of rotatable bonds is 10. The number of ether oxygens (including phenoxy) is 1. The molecule has 0 bridgehead atoms. The van der Waals surface area contributed by atoms with Crippen molar-refractivity contribution in [3.63, 3.8) is 0 Å². The average Bonchev–Trinajstić information content (AvgIpc) is 2.73. The second-order valence-corrected chi connectivity index (χ2v) is 7.58. The SMILES string of the molecule is CCCCCOc1ccc(CNCc2cccnc2N2CCN(C)CC2)cc1. The van der Waals surface area contributed by atoms with E-state index in [-0.39, 0.29) is 0 Å². The third-order valence-corrected chi connectivity index (χ3v) is 5.25. The number of piperazine rings is 1. The van der Waals surface area contributed by atoms with Crippen LogP contribution in [0.25, 0.3) is 0 Å². The van der Waals surface area contributed by atoms with Gasteiger partial charge in [0.05, 0.1) is 6.61 Å². The second kappa shape index (κ2) is 11.0. The third-order valence-electron chi connectivity index (χ3n) is 5.25. The predicted molar refractivity (Wildman–Crippen MR) is 116 cm³/mol. The molecule has 0 amide bonds. The Morgan fingerprint density at radius 1 is 1.00 bits per heavy atom. The van der Waals surface area contributed by atoms with E-state index in [1.54, 1.807) is 0 Å². The Morgan fingerprint density at radius 3 is 2.54 bits per heavy atom. The molecular weight excluding hydrogens is 348 g/mol. The van der Waals surface area contributed by atoms with Crippen LogP contribution in [-0.2, 0) is 13.1 Å². The zero-order valence-corrected chi connectivity index (χ0v) is 17.4. The van der Waals surface area contributed by atoms with Crippen LogP contribution in [0.5, 0.6) is 5.75 Å². The summed E-state index contributed by atoms with van der Waals surface area (Å²) in [5.74, 6) is 2.09. The molecule has 5 heteroatoms. The van der Waals surface area contributed by atoms with Crippen LogP contribution >= 0.6 is 0 Å². The summed E-state index contributed by atoms with van der Waals surface area (Å²) in [7, 11) is 2.18. The van der Waals surface area contributed by atoms with Crippen molar-refractivity contribution in [3.05, 3.63) is 53.7 Å². The number of unbranched alkanes of at least 4 members (excludes halogenated alkanes) is 2. The van der Waals surface area contributed by atoms with Crippen LogP contribution in [0.4, 0.5) is 5.82 Å². The maximum absolute atomic E-state index is 5.79. The zero-order chi connectivity index (χ0) is 19.6. The third kappa shape index (κ3) is 6.21. The molecule has 28 heavy (non-hydrogen) atoms. The number of hydrogen-bond acceptors (Lipinski definition) is 5. The fraction of sp³-hybridized carbons (Fsp3) is 0.522. The van der Waals surface area contributed by atoms with Gasteiger partial charge in [-0.1, -0.05) is 38.0 Å². The lowest BCUT2D eigenvalue weighted by atomic mass is 10.2. The summed E-state index contributed by atoms with van der Waals surface area (Å²) in [5.41, 5.74) is 2.54. The van der Waals surface area contributed by atoms with E-state index in [0.717, 1.165) is 63.9 Å². The number of likely N-dealkylation sites (N-methyl/N-ethyl adjacent to an activating group) is 1. The van der Waals surface area contributed by atoms with Crippen LogP contribution in [0.3, 0.4) is 0 Å². The van der Waals surface area contributed by atoms with Crippen LogP contribution in [-0.4, -0.2) is 49.7 Å². The first-order valence-corrected chi connectivity index (χ1v) is 10.6.